The van der Waals surface area contributed by atoms with Gasteiger partial charge in [0, 0.05) is 12.6 Å². The molecular weight excluding hydrogens is 143 g/mol. The van der Waals surface area contributed by atoms with Crippen LogP contribution in [0.3, 0.4) is 0 Å². The summed E-state index contributed by atoms with van der Waals surface area (Å²) in [4.78, 5) is 3.46. The van der Waals surface area contributed by atoms with E-state index in [1.165, 1.54) is 12.3 Å². The predicted octanol–water partition coefficient (Wildman–Crippen LogP) is 1.68. The van der Waals surface area contributed by atoms with Crippen molar-refractivity contribution in [1.82, 2.24) is 4.98 Å². The highest BCUT2D eigenvalue weighted by atomic mass is 19.1. The molecule has 1 aromatic heterocycles. The molecule has 0 N–H and O–H groups in total. The van der Waals surface area contributed by atoms with Crippen LogP contribution in [0, 0.1) is 17.3 Å². The van der Waals surface area contributed by atoms with E-state index < -0.39 is 5.95 Å². The Kier molecular flexibility index (Phi) is 2.56. The smallest absolute Gasteiger partial charge is 0.212 e. The predicted molar refractivity (Wildman–Crippen MR) is 38.1 cm³/mol. The van der Waals surface area contributed by atoms with Crippen LogP contribution in [0.2, 0.25) is 0 Å². The van der Waals surface area contributed by atoms with Crippen LogP contribution in [0.4, 0.5) is 4.39 Å². The minimum absolute atomic E-state index is 0.452. The summed E-state index contributed by atoms with van der Waals surface area (Å²) < 4.78 is 12.2. The van der Waals surface area contributed by atoms with Gasteiger partial charge in [-0.3, -0.25) is 0 Å². The molecule has 2 nitrogen and oxygen atoms in total. The molecule has 3 heteroatoms. The van der Waals surface area contributed by atoms with Gasteiger partial charge < -0.3 is 0 Å². The SMILES string of the molecule is N#CCCc1ccc(F)nc1. The molecule has 0 saturated carbocycles. The molecule has 0 saturated heterocycles. The maximum Gasteiger partial charge on any atom is 0.212 e. The zero-order valence-electron chi connectivity index (χ0n) is 5.92. The molecule has 0 aliphatic carbocycles. The van der Waals surface area contributed by atoms with Gasteiger partial charge in [0.25, 0.3) is 0 Å². The van der Waals surface area contributed by atoms with Gasteiger partial charge in [0.05, 0.1) is 6.07 Å². The summed E-state index contributed by atoms with van der Waals surface area (Å²) in [6, 6.07) is 4.95. The van der Waals surface area contributed by atoms with Crippen molar-refractivity contribution in [3.05, 3.63) is 29.8 Å². The van der Waals surface area contributed by atoms with Crippen molar-refractivity contribution in [2.75, 3.05) is 0 Å². The van der Waals surface area contributed by atoms with Crippen molar-refractivity contribution >= 4 is 0 Å². The Labute approximate surface area is 64.3 Å². The van der Waals surface area contributed by atoms with Crippen LogP contribution in [-0.2, 0) is 6.42 Å². The zero-order chi connectivity index (χ0) is 8.10. The number of halogens is 1. The molecule has 0 fully saturated rings. The fourth-order valence-electron chi connectivity index (χ4n) is 0.755. The van der Waals surface area contributed by atoms with Crippen LogP contribution in [0.5, 0.6) is 0 Å². The number of aryl methyl sites for hydroxylation is 1. The van der Waals surface area contributed by atoms with E-state index in [1.54, 1.807) is 6.07 Å². The van der Waals surface area contributed by atoms with Crippen molar-refractivity contribution in [2.24, 2.45) is 0 Å². The summed E-state index contributed by atoms with van der Waals surface area (Å²) in [5.41, 5.74) is 0.896. The van der Waals surface area contributed by atoms with E-state index in [4.69, 9.17) is 5.26 Å². The standard InChI is InChI=1S/C8H7FN2/c9-8-4-3-7(6-11-8)2-1-5-10/h3-4,6H,1-2H2. The van der Waals surface area contributed by atoms with E-state index in [0.29, 0.717) is 12.8 Å². The van der Waals surface area contributed by atoms with E-state index in [1.807, 2.05) is 6.07 Å². The Morgan fingerprint density at radius 3 is 2.91 bits per heavy atom. The highest BCUT2D eigenvalue weighted by molar-refractivity contribution is 5.10. The van der Waals surface area contributed by atoms with Gasteiger partial charge in [0.1, 0.15) is 0 Å². The van der Waals surface area contributed by atoms with E-state index in [0.717, 1.165) is 5.56 Å². The lowest BCUT2D eigenvalue weighted by atomic mass is 10.2. The van der Waals surface area contributed by atoms with Crippen molar-refractivity contribution < 1.29 is 4.39 Å². The Hall–Kier alpha value is -1.43. The first kappa shape index (κ1) is 7.67. The average molecular weight is 150 g/mol. The molecule has 0 spiro atoms. The van der Waals surface area contributed by atoms with Crippen molar-refractivity contribution in [2.45, 2.75) is 12.8 Å². The van der Waals surface area contributed by atoms with E-state index >= 15 is 0 Å². The molecule has 0 unspecified atom stereocenters. The first-order valence-electron chi connectivity index (χ1n) is 3.30. The Bertz CT molecular complexity index is 260. The Morgan fingerprint density at radius 1 is 1.55 bits per heavy atom. The number of nitriles is 1. The van der Waals surface area contributed by atoms with Gasteiger partial charge in [0.15, 0.2) is 0 Å². The molecule has 56 valence electrons. The molecule has 0 aromatic carbocycles. The molecule has 0 bridgehead atoms. The second-order valence-corrected chi connectivity index (χ2v) is 2.15. The topological polar surface area (TPSA) is 36.7 Å². The van der Waals surface area contributed by atoms with Crippen LogP contribution >= 0.6 is 0 Å². The minimum atomic E-state index is -0.481. The fraction of sp³-hybridized carbons (Fsp3) is 0.250. The first-order chi connectivity index (χ1) is 5.33. The lowest BCUT2D eigenvalue weighted by Gasteiger charge is -1.93. The molecule has 1 aromatic rings. The van der Waals surface area contributed by atoms with Crippen LogP contribution in [0.25, 0.3) is 0 Å². The fourth-order valence-corrected chi connectivity index (χ4v) is 0.755. The maximum absolute atomic E-state index is 12.2. The lowest BCUT2D eigenvalue weighted by molar-refractivity contribution is 0.582. The third-order valence-corrected chi connectivity index (χ3v) is 1.31. The first-order valence-corrected chi connectivity index (χ1v) is 3.30. The van der Waals surface area contributed by atoms with Crippen molar-refractivity contribution in [3.63, 3.8) is 0 Å². The minimum Gasteiger partial charge on any atom is -0.228 e. The Balaban J connectivity index is 2.60. The summed E-state index contributed by atoms with van der Waals surface area (Å²) in [5, 5.41) is 8.24. The summed E-state index contributed by atoms with van der Waals surface area (Å²) in [6.45, 7) is 0. The largest absolute Gasteiger partial charge is 0.228 e. The second-order valence-electron chi connectivity index (χ2n) is 2.15. The third-order valence-electron chi connectivity index (χ3n) is 1.31. The van der Waals surface area contributed by atoms with Gasteiger partial charge in [-0.1, -0.05) is 6.07 Å². The van der Waals surface area contributed by atoms with Crippen molar-refractivity contribution in [1.29, 1.82) is 5.26 Å². The highest BCUT2D eigenvalue weighted by Gasteiger charge is 1.93. The van der Waals surface area contributed by atoms with Crippen LogP contribution in [0.15, 0.2) is 18.3 Å². The number of hydrogen-bond donors (Lipinski definition) is 0. The molecule has 0 atom stereocenters. The maximum atomic E-state index is 12.2. The van der Waals surface area contributed by atoms with E-state index in [9.17, 15) is 4.39 Å². The zero-order valence-corrected chi connectivity index (χ0v) is 5.92. The normalized spacial score (nSPS) is 9.09. The van der Waals surface area contributed by atoms with Gasteiger partial charge in [-0.2, -0.15) is 9.65 Å². The lowest BCUT2D eigenvalue weighted by Crippen LogP contribution is -1.87. The summed E-state index contributed by atoms with van der Waals surface area (Å²) >= 11 is 0. The van der Waals surface area contributed by atoms with Crippen LogP contribution < -0.4 is 0 Å². The molecule has 11 heavy (non-hydrogen) atoms. The summed E-state index contributed by atoms with van der Waals surface area (Å²) in [7, 11) is 0. The summed E-state index contributed by atoms with van der Waals surface area (Å²) in [5.74, 6) is -0.481. The second kappa shape index (κ2) is 3.67. The van der Waals surface area contributed by atoms with Gasteiger partial charge in [-0.25, -0.2) is 4.98 Å². The molecule has 1 heterocycles. The van der Waals surface area contributed by atoms with Gasteiger partial charge >= 0.3 is 0 Å². The highest BCUT2D eigenvalue weighted by Crippen LogP contribution is 2.01. The monoisotopic (exact) mass is 150 g/mol. The molecular formula is C8H7FN2. The number of nitrogens with zero attached hydrogens (tertiary/aromatic N) is 2. The molecule has 0 amide bonds. The van der Waals surface area contributed by atoms with E-state index in [-0.39, 0.29) is 0 Å². The molecule has 0 aliphatic heterocycles. The van der Waals surface area contributed by atoms with E-state index in [2.05, 4.69) is 4.98 Å². The van der Waals surface area contributed by atoms with Crippen LogP contribution in [0.1, 0.15) is 12.0 Å². The van der Waals surface area contributed by atoms with Crippen LogP contribution in [-0.4, -0.2) is 4.98 Å². The quantitative estimate of drug-likeness (QED) is 0.601. The molecule has 0 aliphatic rings. The van der Waals surface area contributed by atoms with Gasteiger partial charge in [-0.15, -0.1) is 0 Å². The van der Waals surface area contributed by atoms with Crippen molar-refractivity contribution in [3.8, 4) is 6.07 Å². The van der Waals surface area contributed by atoms with Gasteiger partial charge in [-0.05, 0) is 18.1 Å². The third kappa shape index (κ3) is 2.34. The number of pyridine rings is 1. The van der Waals surface area contributed by atoms with Gasteiger partial charge in [0.2, 0.25) is 5.95 Å². The number of rotatable bonds is 2. The summed E-state index contributed by atoms with van der Waals surface area (Å²) in [6.07, 6.45) is 2.55. The molecule has 0 radical (unpaired) electrons. The number of aromatic nitrogens is 1. The molecule has 1 rings (SSSR count). The average Bonchev–Trinajstić information content (AvgIpc) is 2.04. The Morgan fingerprint density at radius 2 is 2.36 bits per heavy atom. The number of hydrogen-bond acceptors (Lipinski definition) is 2.